The third-order valence-electron chi connectivity index (χ3n) is 1.94. The Morgan fingerprint density at radius 1 is 1.23 bits per heavy atom. The summed E-state index contributed by atoms with van der Waals surface area (Å²) >= 11 is 12.0. The first-order chi connectivity index (χ1) is 6.18. The highest BCUT2D eigenvalue weighted by atomic mass is 35.5. The lowest BCUT2D eigenvalue weighted by Crippen LogP contribution is -1.83. The summed E-state index contributed by atoms with van der Waals surface area (Å²) in [6, 6.07) is 5.50. The van der Waals surface area contributed by atoms with Gasteiger partial charge in [-0.2, -0.15) is 0 Å². The number of rotatable bonds is 0. The van der Waals surface area contributed by atoms with Crippen LogP contribution in [-0.4, -0.2) is 4.98 Å². The van der Waals surface area contributed by atoms with Crippen LogP contribution in [0.5, 0.6) is 0 Å². The van der Waals surface area contributed by atoms with Crippen molar-refractivity contribution < 1.29 is 0 Å². The Labute approximate surface area is 86.3 Å². The lowest BCUT2D eigenvalue weighted by atomic mass is 10.2. The second kappa shape index (κ2) is 3.17. The monoisotopic (exact) mass is 211 g/mol. The normalized spacial score (nSPS) is 10.7. The number of hydrogen-bond acceptors (Lipinski definition) is 1. The van der Waals surface area contributed by atoms with Gasteiger partial charge in [-0.1, -0.05) is 23.2 Å². The number of pyridine rings is 1. The van der Waals surface area contributed by atoms with Crippen molar-refractivity contribution in [2.45, 2.75) is 6.92 Å². The second-order valence-corrected chi connectivity index (χ2v) is 3.73. The minimum absolute atomic E-state index is 0.682. The van der Waals surface area contributed by atoms with E-state index in [0.717, 1.165) is 21.5 Å². The molecule has 2 aromatic rings. The van der Waals surface area contributed by atoms with Crippen LogP contribution in [0.2, 0.25) is 10.0 Å². The van der Waals surface area contributed by atoms with E-state index in [-0.39, 0.29) is 0 Å². The lowest BCUT2D eigenvalue weighted by molar-refractivity contribution is 1.33. The maximum atomic E-state index is 6.10. The SMILES string of the molecule is Cc1cnc2ccc(Cl)cc2c1Cl. The third-order valence-corrected chi connectivity index (χ3v) is 2.68. The van der Waals surface area contributed by atoms with Gasteiger partial charge in [-0.05, 0) is 30.7 Å². The van der Waals surface area contributed by atoms with Crippen LogP contribution in [0.15, 0.2) is 24.4 Å². The Balaban J connectivity index is 2.89. The van der Waals surface area contributed by atoms with Crippen molar-refractivity contribution in [3.05, 3.63) is 40.0 Å². The van der Waals surface area contributed by atoms with Gasteiger partial charge in [0.15, 0.2) is 0 Å². The summed E-state index contributed by atoms with van der Waals surface area (Å²) in [4.78, 5) is 4.24. The lowest BCUT2D eigenvalue weighted by Gasteiger charge is -2.02. The molecule has 0 aliphatic rings. The molecule has 66 valence electrons. The van der Waals surface area contributed by atoms with Crippen LogP contribution in [0.3, 0.4) is 0 Å². The molecule has 0 fully saturated rings. The third kappa shape index (κ3) is 1.50. The van der Waals surface area contributed by atoms with E-state index in [4.69, 9.17) is 23.2 Å². The highest BCUT2D eigenvalue weighted by Crippen LogP contribution is 2.27. The molecule has 1 aromatic heterocycles. The second-order valence-electron chi connectivity index (χ2n) is 2.92. The summed E-state index contributed by atoms with van der Waals surface area (Å²) < 4.78 is 0. The average Bonchev–Trinajstić information content (AvgIpc) is 2.12. The van der Waals surface area contributed by atoms with Crippen molar-refractivity contribution in [1.82, 2.24) is 4.98 Å². The van der Waals surface area contributed by atoms with Gasteiger partial charge in [0.2, 0.25) is 0 Å². The summed E-state index contributed by atoms with van der Waals surface area (Å²) in [5.41, 5.74) is 1.84. The first-order valence-electron chi connectivity index (χ1n) is 3.89. The van der Waals surface area contributed by atoms with Crippen LogP contribution in [0.4, 0.5) is 0 Å². The molecule has 13 heavy (non-hydrogen) atoms. The average molecular weight is 212 g/mol. The minimum atomic E-state index is 0.682. The van der Waals surface area contributed by atoms with Crippen molar-refractivity contribution in [2.24, 2.45) is 0 Å². The molecular weight excluding hydrogens is 205 g/mol. The molecular formula is C10H7Cl2N. The Hall–Kier alpha value is -0.790. The van der Waals surface area contributed by atoms with E-state index in [1.807, 2.05) is 25.1 Å². The Kier molecular flexibility index (Phi) is 2.14. The van der Waals surface area contributed by atoms with Gasteiger partial charge in [0, 0.05) is 16.6 Å². The van der Waals surface area contributed by atoms with Crippen LogP contribution < -0.4 is 0 Å². The van der Waals surface area contributed by atoms with Crippen LogP contribution in [0.25, 0.3) is 10.9 Å². The fraction of sp³-hybridized carbons (Fsp3) is 0.100. The fourth-order valence-corrected chi connectivity index (χ4v) is 1.60. The van der Waals surface area contributed by atoms with E-state index < -0.39 is 0 Å². The van der Waals surface area contributed by atoms with Gasteiger partial charge >= 0.3 is 0 Å². The molecule has 1 heterocycles. The zero-order chi connectivity index (χ0) is 9.42. The van der Waals surface area contributed by atoms with E-state index >= 15 is 0 Å². The fourth-order valence-electron chi connectivity index (χ4n) is 1.23. The smallest absolute Gasteiger partial charge is 0.0718 e. The van der Waals surface area contributed by atoms with Crippen molar-refractivity contribution in [2.75, 3.05) is 0 Å². The Morgan fingerprint density at radius 2 is 2.00 bits per heavy atom. The summed E-state index contributed by atoms with van der Waals surface area (Å²) in [5.74, 6) is 0. The number of hydrogen-bond donors (Lipinski definition) is 0. The largest absolute Gasteiger partial charge is 0.256 e. The summed E-state index contributed by atoms with van der Waals surface area (Å²) in [5, 5.41) is 2.32. The number of aromatic nitrogens is 1. The van der Waals surface area contributed by atoms with Gasteiger partial charge in [-0.15, -0.1) is 0 Å². The van der Waals surface area contributed by atoms with E-state index in [1.54, 1.807) is 6.20 Å². The molecule has 0 radical (unpaired) electrons. The number of benzene rings is 1. The van der Waals surface area contributed by atoms with Crippen molar-refractivity contribution in [3.63, 3.8) is 0 Å². The van der Waals surface area contributed by atoms with Gasteiger partial charge in [0.25, 0.3) is 0 Å². The van der Waals surface area contributed by atoms with Crippen LogP contribution in [0.1, 0.15) is 5.56 Å². The number of nitrogens with zero attached hydrogens (tertiary/aromatic N) is 1. The molecule has 0 saturated carbocycles. The predicted molar refractivity (Wildman–Crippen MR) is 56.5 cm³/mol. The highest BCUT2D eigenvalue weighted by Gasteiger charge is 2.03. The van der Waals surface area contributed by atoms with E-state index in [1.165, 1.54) is 0 Å². The molecule has 0 amide bonds. The number of aryl methyl sites for hydroxylation is 1. The zero-order valence-corrected chi connectivity index (χ0v) is 8.52. The first kappa shape index (κ1) is 8.79. The van der Waals surface area contributed by atoms with Gasteiger partial charge in [0.1, 0.15) is 0 Å². The minimum Gasteiger partial charge on any atom is -0.256 e. The van der Waals surface area contributed by atoms with E-state index in [2.05, 4.69) is 4.98 Å². The molecule has 0 aliphatic heterocycles. The van der Waals surface area contributed by atoms with Crippen molar-refractivity contribution in [3.8, 4) is 0 Å². The van der Waals surface area contributed by atoms with Gasteiger partial charge in [-0.3, -0.25) is 4.98 Å². The standard InChI is InChI=1S/C10H7Cl2N/c1-6-5-13-9-3-2-7(11)4-8(9)10(6)12/h2-5H,1H3. The van der Waals surface area contributed by atoms with Gasteiger partial charge in [-0.25, -0.2) is 0 Å². The molecule has 0 saturated heterocycles. The Morgan fingerprint density at radius 3 is 2.77 bits per heavy atom. The molecule has 0 N–H and O–H groups in total. The number of halogens is 2. The molecule has 1 nitrogen and oxygen atoms in total. The summed E-state index contributed by atoms with van der Waals surface area (Å²) in [7, 11) is 0. The summed E-state index contributed by atoms with van der Waals surface area (Å²) in [6.45, 7) is 1.93. The maximum absolute atomic E-state index is 6.10. The Bertz CT molecular complexity index is 460. The van der Waals surface area contributed by atoms with Crippen molar-refractivity contribution in [1.29, 1.82) is 0 Å². The zero-order valence-electron chi connectivity index (χ0n) is 7.01. The molecule has 2 rings (SSSR count). The van der Waals surface area contributed by atoms with E-state index in [0.29, 0.717) is 5.02 Å². The molecule has 1 aromatic carbocycles. The summed E-state index contributed by atoms with van der Waals surface area (Å²) in [6.07, 6.45) is 1.76. The molecule has 0 atom stereocenters. The topological polar surface area (TPSA) is 12.9 Å². The molecule has 3 heteroatoms. The van der Waals surface area contributed by atoms with Gasteiger partial charge in [0.05, 0.1) is 10.5 Å². The van der Waals surface area contributed by atoms with Gasteiger partial charge < -0.3 is 0 Å². The molecule has 0 aliphatic carbocycles. The van der Waals surface area contributed by atoms with Crippen LogP contribution in [0, 0.1) is 6.92 Å². The first-order valence-corrected chi connectivity index (χ1v) is 4.64. The molecule has 0 spiro atoms. The highest BCUT2D eigenvalue weighted by molar-refractivity contribution is 6.37. The molecule has 0 bridgehead atoms. The van der Waals surface area contributed by atoms with Crippen LogP contribution >= 0.6 is 23.2 Å². The molecule has 0 unspecified atom stereocenters. The van der Waals surface area contributed by atoms with Crippen molar-refractivity contribution >= 4 is 34.1 Å². The predicted octanol–water partition coefficient (Wildman–Crippen LogP) is 3.85. The van der Waals surface area contributed by atoms with Crippen LogP contribution in [-0.2, 0) is 0 Å². The number of fused-ring (bicyclic) bond motifs is 1. The maximum Gasteiger partial charge on any atom is 0.0718 e. The van der Waals surface area contributed by atoms with E-state index in [9.17, 15) is 0 Å². The quantitative estimate of drug-likeness (QED) is 0.646.